The van der Waals surface area contributed by atoms with Crippen LogP contribution in [0.3, 0.4) is 0 Å². The summed E-state index contributed by atoms with van der Waals surface area (Å²) >= 11 is 0. The topological polar surface area (TPSA) is 57.2 Å². The maximum Gasteiger partial charge on any atom is 1.00 e. The zero-order valence-corrected chi connectivity index (χ0v) is 10.5. The van der Waals surface area contributed by atoms with Crippen LogP contribution in [0.4, 0.5) is 0 Å². The van der Waals surface area contributed by atoms with Crippen molar-refractivity contribution < 1.29 is 42.5 Å². The van der Waals surface area contributed by atoms with Crippen LogP contribution in [-0.4, -0.2) is 13.0 Å². The quantitative estimate of drug-likeness (QED) is 0.285. The van der Waals surface area contributed by atoms with Crippen LogP contribution < -0.4 is 34.9 Å². The van der Waals surface area contributed by atoms with Crippen LogP contribution in [0.1, 0.15) is 0 Å². The van der Waals surface area contributed by atoms with Gasteiger partial charge in [-0.25, -0.2) is 8.42 Å². The van der Waals surface area contributed by atoms with Crippen molar-refractivity contribution in [1.29, 1.82) is 0 Å². The van der Waals surface area contributed by atoms with E-state index in [-0.39, 0.29) is 34.5 Å². The number of hydrogen-bond acceptors (Lipinski definition) is 3. The minimum absolute atomic E-state index is 0. The largest absolute Gasteiger partial charge is 1.00 e. The Hall–Kier alpha value is 0.560. The van der Waals surface area contributed by atoms with Crippen molar-refractivity contribution in [3.8, 4) is 0 Å². The average molecular weight is 212 g/mol. The zero-order valence-electron chi connectivity index (χ0n) is 6.52. The van der Waals surface area contributed by atoms with Crippen molar-refractivity contribution in [2.24, 2.45) is 0 Å². The van der Waals surface area contributed by atoms with Crippen molar-refractivity contribution in [3.63, 3.8) is 0 Å². The number of rotatable bonds is 1. The molecule has 1 unspecified atom stereocenters. The van der Waals surface area contributed by atoms with Crippen LogP contribution in [0, 0.1) is 0 Å². The van der Waals surface area contributed by atoms with Gasteiger partial charge in [-0.3, -0.25) is 0 Å². The molecule has 60 valence electrons. The van der Waals surface area contributed by atoms with E-state index in [4.69, 9.17) is 0 Å². The van der Waals surface area contributed by atoms with Gasteiger partial charge in [0.05, 0.1) is 4.90 Å². The molecule has 0 N–H and O–H groups in total. The van der Waals surface area contributed by atoms with Gasteiger partial charge < -0.3 is 4.55 Å². The molecule has 0 aliphatic carbocycles. The first-order valence-electron chi connectivity index (χ1n) is 2.81. The Morgan fingerprint density at radius 3 is 1.92 bits per heavy atom. The minimum atomic E-state index is -4.28. The summed E-state index contributed by atoms with van der Waals surface area (Å²) < 4.78 is 31.1. The molecule has 0 spiro atoms. The first kappa shape index (κ1) is 12.6. The molecule has 0 amide bonds. The molecule has 1 aromatic carbocycles. The molecule has 6 heteroatoms. The monoisotopic (exact) mass is 212 g/mol. The molecule has 12 heavy (non-hydrogen) atoms. The van der Waals surface area contributed by atoms with Crippen LogP contribution in [0.5, 0.6) is 0 Å². The van der Waals surface area contributed by atoms with E-state index >= 15 is 0 Å². The van der Waals surface area contributed by atoms with Crippen LogP contribution in [0.2, 0.25) is 0 Å². The van der Waals surface area contributed by atoms with E-state index < -0.39 is 10.1 Å². The van der Waals surface area contributed by atoms with Gasteiger partial charge in [0.15, 0.2) is 0 Å². The second kappa shape index (κ2) is 4.70. The second-order valence-electron chi connectivity index (χ2n) is 2.02. The molecule has 0 aliphatic heterocycles. The van der Waals surface area contributed by atoms with Gasteiger partial charge >= 0.3 is 29.6 Å². The molecular formula is C6H6NaO3PS. The van der Waals surface area contributed by atoms with E-state index in [0.29, 0.717) is 0 Å². The second-order valence-corrected chi connectivity index (χ2v) is 4.07. The molecular weight excluding hydrogens is 206 g/mol. The Bertz CT molecular complexity index is 346. The summed E-state index contributed by atoms with van der Waals surface area (Å²) in [5.41, 5.74) is 0. The zero-order chi connectivity index (χ0) is 8.48. The summed E-state index contributed by atoms with van der Waals surface area (Å²) in [6.45, 7) is 0. The van der Waals surface area contributed by atoms with Crippen LogP contribution in [0.25, 0.3) is 0 Å². The Balaban J connectivity index is 0.00000121. The third kappa shape index (κ3) is 3.52. The molecule has 0 aliphatic rings. The van der Waals surface area contributed by atoms with E-state index in [2.05, 4.69) is 9.24 Å². The van der Waals surface area contributed by atoms with Crippen LogP contribution in [0.15, 0.2) is 29.2 Å². The van der Waals surface area contributed by atoms with Gasteiger partial charge in [-0.2, -0.15) is 0 Å². The Morgan fingerprint density at radius 2 is 1.58 bits per heavy atom. The minimum Gasteiger partial charge on any atom is -0.744 e. The van der Waals surface area contributed by atoms with E-state index in [1.807, 2.05) is 0 Å². The fourth-order valence-corrected chi connectivity index (χ4v) is 1.30. The molecule has 0 aromatic heterocycles. The Morgan fingerprint density at radius 1 is 1.17 bits per heavy atom. The van der Waals surface area contributed by atoms with Gasteiger partial charge in [-0.1, -0.05) is 12.1 Å². The van der Waals surface area contributed by atoms with Crippen molar-refractivity contribution in [2.75, 3.05) is 0 Å². The Labute approximate surface area is 95.8 Å². The first-order chi connectivity index (χ1) is 5.00. The summed E-state index contributed by atoms with van der Waals surface area (Å²) in [7, 11) is -1.88. The van der Waals surface area contributed by atoms with Gasteiger partial charge in [-0.15, -0.1) is 9.24 Å². The normalized spacial score (nSPS) is 10.5. The van der Waals surface area contributed by atoms with E-state index in [1.165, 1.54) is 12.1 Å². The predicted molar refractivity (Wildman–Crippen MR) is 43.7 cm³/mol. The molecule has 3 nitrogen and oxygen atoms in total. The molecule has 0 heterocycles. The summed E-state index contributed by atoms with van der Waals surface area (Å²) in [5.74, 6) is 0. The van der Waals surface area contributed by atoms with Gasteiger partial charge in [0.1, 0.15) is 10.1 Å². The molecule has 1 aromatic rings. The molecule has 0 radical (unpaired) electrons. The third-order valence-electron chi connectivity index (χ3n) is 1.17. The smallest absolute Gasteiger partial charge is 0.744 e. The molecule has 0 fully saturated rings. The van der Waals surface area contributed by atoms with Crippen molar-refractivity contribution >= 4 is 24.7 Å². The first-order valence-corrected chi connectivity index (χ1v) is 4.80. The number of hydrogen-bond donors (Lipinski definition) is 0. The van der Waals surface area contributed by atoms with Gasteiger partial charge in [0, 0.05) is 0 Å². The predicted octanol–water partition coefficient (Wildman–Crippen LogP) is -2.90. The summed E-state index contributed by atoms with van der Waals surface area (Å²) in [4.78, 5) is -0.191. The molecule has 1 rings (SSSR count). The van der Waals surface area contributed by atoms with Crippen LogP contribution >= 0.6 is 9.24 Å². The average Bonchev–Trinajstić information content (AvgIpc) is 1.86. The SMILES string of the molecule is O=S(=O)([O-])c1ccc(P)cc1.[Na+]. The maximum absolute atomic E-state index is 10.4. The van der Waals surface area contributed by atoms with E-state index in [9.17, 15) is 13.0 Å². The summed E-state index contributed by atoms with van der Waals surface area (Å²) in [5, 5.41) is 0.845. The molecule has 0 saturated heterocycles. The number of benzene rings is 1. The van der Waals surface area contributed by atoms with Gasteiger partial charge in [0.2, 0.25) is 0 Å². The molecule has 0 saturated carbocycles. The van der Waals surface area contributed by atoms with E-state index in [1.54, 1.807) is 12.1 Å². The van der Waals surface area contributed by atoms with Crippen molar-refractivity contribution in [2.45, 2.75) is 4.90 Å². The van der Waals surface area contributed by atoms with Crippen molar-refractivity contribution in [3.05, 3.63) is 24.3 Å². The van der Waals surface area contributed by atoms with Crippen molar-refractivity contribution in [1.82, 2.24) is 0 Å². The fraction of sp³-hybridized carbons (Fsp3) is 0. The van der Waals surface area contributed by atoms with Crippen LogP contribution in [-0.2, 0) is 10.1 Å². The summed E-state index contributed by atoms with van der Waals surface area (Å²) in [6, 6.07) is 5.67. The molecule has 1 atom stereocenters. The van der Waals surface area contributed by atoms with E-state index in [0.717, 1.165) is 5.30 Å². The fourth-order valence-electron chi connectivity index (χ4n) is 0.634. The van der Waals surface area contributed by atoms with Gasteiger partial charge in [0.25, 0.3) is 0 Å². The third-order valence-corrected chi connectivity index (χ3v) is 2.40. The standard InChI is InChI=1S/C6H7O3PS.Na/c7-11(8,9)6-3-1-5(10)2-4-6;/h1-4H,10H2,(H,7,8,9);/q;+1/p-1. The summed E-state index contributed by atoms with van der Waals surface area (Å²) in [6.07, 6.45) is 0. The maximum atomic E-state index is 10.4. The molecule has 0 bridgehead atoms. The Kier molecular flexibility index (Phi) is 4.92. The van der Waals surface area contributed by atoms with Gasteiger partial charge in [-0.05, 0) is 17.4 Å².